The van der Waals surface area contributed by atoms with Crippen LogP contribution in [0.3, 0.4) is 0 Å². The van der Waals surface area contributed by atoms with Gasteiger partial charge in [-0.3, -0.25) is 14.5 Å². The van der Waals surface area contributed by atoms with Crippen LogP contribution >= 0.6 is 0 Å². The Labute approximate surface area is 147 Å². The van der Waals surface area contributed by atoms with Gasteiger partial charge in [-0.2, -0.15) is 8.42 Å². The number of nitrogens with one attached hydrogen (secondary N) is 3. The van der Waals surface area contributed by atoms with Crippen molar-refractivity contribution < 1.29 is 13.2 Å². The van der Waals surface area contributed by atoms with Gasteiger partial charge in [0, 0.05) is 17.9 Å². The highest BCUT2D eigenvalue weighted by Crippen LogP contribution is 2.26. The van der Waals surface area contributed by atoms with Gasteiger partial charge in [0.1, 0.15) is 0 Å². The average Bonchev–Trinajstić information content (AvgIpc) is 2.56. The van der Waals surface area contributed by atoms with Crippen molar-refractivity contribution >= 4 is 32.3 Å². The molecular formula is C17H22N4O3S. The largest absolute Gasteiger partial charge is 0.357 e. The molecule has 0 saturated heterocycles. The van der Waals surface area contributed by atoms with Gasteiger partial charge in [-0.25, -0.2) is 0 Å². The van der Waals surface area contributed by atoms with Crippen molar-refractivity contribution in [1.29, 1.82) is 0 Å². The molecule has 0 fully saturated rings. The maximum atomic E-state index is 12.2. The number of aromatic nitrogens is 1. The van der Waals surface area contributed by atoms with E-state index in [1.807, 2.05) is 24.3 Å². The Morgan fingerprint density at radius 3 is 2.64 bits per heavy atom. The van der Waals surface area contributed by atoms with Crippen molar-refractivity contribution in [2.24, 2.45) is 0 Å². The zero-order valence-corrected chi connectivity index (χ0v) is 15.2. The van der Waals surface area contributed by atoms with Gasteiger partial charge < -0.3 is 10.6 Å². The monoisotopic (exact) mass is 362 g/mol. The van der Waals surface area contributed by atoms with Crippen LogP contribution in [0.5, 0.6) is 0 Å². The van der Waals surface area contributed by atoms with Crippen LogP contribution in [0.1, 0.15) is 26.3 Å². The van der Waals surface area contributed by atoms with E-state index >= 15 is 0 Å². The fraction of sp³-hybridized carbons (Fsp3) is 0.294. The van der Waals surface area contributed by atoms with Gasteiger partial charge in [0.25, 0.3) is 0 Å². The summed E-state index contributed by atoms with van der Waals surface area (Å²) in [4.78, 5) is 15.8. The predicted molar refractivity (Wildman–Crippen MR) is 99.5 cm³/mol. The molecule has 1 amide bonds. The Hall–Kier alpha value is -2.61. The molecule has 1 aromatic heterocycles. The van der Waals surface area contributed by atoms with Crippen LogP contribution in [0.15, 0.2) is 42.7 Å². The lowest BCUT2D eigenvalue weighted by Gasteiger charge is -2.14. The highest BCUT2D eigenvalue weighted by atomic mass is 32.2. The lowest BCUT2D eigenvalue weighted by molar-refractivity contribution is 0.256. The first-order valence-electron chi connectivity index (χ1n) is 7.95. The van der Waals surface area contributed by atoms with E-state index in [0.29, 0.717) is 5.69 Å². The van der Waals surface area contributed by atoms with Crippen LogP contribution in [0.2, 0.25) is 0 Å². The first-order valence-corrected chi connectivity index (χ1v) is 9.43. The number of hydrogen-bond acceptors (Lipinski definition) is 5. The lowest BCUT2D eigenvalue weighted by atomic mass is 10.1. The maximum Gasteiger partial charge on any atom is 0.357 e. The molecule has 0 aliphatic carbocycles. The summed E-state index contributed by atoms with van der Waals surface area (Å²) in [5.41, 5.74) is 2.67. The quantitative estimate of drug-likeness (QED) is 0.732. The Morgan fingerprint density at radius 2 is 1.96 bits per heavy atom. The molecule has 2 aromatic rings. The summed E-state index contributed by atoms with van der Waals surface area (Å²) in [6, 6.07) is 9.14. The Morgan fingerprint density at radius 1 is 1.20 bits per heavy atom. The van der Waals surface area contributed by atoms with Crippen LogP contribution in [0.25, 0.3) is 0 Å². The summed E-state index contributed by atoms with van der Waals surface area (Å²) < 4.78 is 26.6. The van der Waals surface area contributed by atoms with Gasteiger partial charge in [-0.15, -0.1) is 0 Å². The first kappa shape index (κ1) is 18.7. The second-order valence-electron chi connectivity index (χ2n) is 5.79. The van der Waals surface area contributed by atoms with Crippen LogP contribution in [-0.2, 0) is 16.4 Å². The van der Waals surface area contributed by atoms with Crippen molar-refractivity contribution in [3.63, 3.8) is 0 Å². The van der Waals surface area contributed by atoms with Crippen molar-refractivity contribution in [2.45, 2.75) is 33.2 Å². The third kappa shape index (κ3) is 5.18. The molecule has 0 saturated carbocycles. The number of sulfonamides is 1. The number of carbonyl (C=O) groups is 1. The van der Waals surface area contributed by atoms with Crippen molar-refractivity contribution in [2.75, 3.05) is 10.0 Å². The molecule has 0 aliphatic rings. The van der Waals surface area contributed by atoms with Crippen molar-refractivity contribution in [3.8, 4) is 0 Å². The third-order valence-corrected chi connectivity index (χ3v) is 4.42. The number of rotatable bonds is 6. The molecule has 1 aromatic carbocycles. The molecule has 3 N–H and O–H groups in total. The number of hydrogen-bond donors (Lipinski definition) is 3. The molecule has 8 heteroatoms. The molecule has 0 atom stereocenters. The number of nitrogens with zero attached hydrogens (tertiary/aromatic N) is 1. The number of aryl methyl sites for hydroxylation is 1. The number of benzene rings is 1. The number of amides is 1. The molecule has 25 heavy (non-hydrogen) atoms. The summed E-state index contributed by atoms with van der Waals surface area (Å²) in [5.74, 6) is 0. The summed E-state index contributed by atoms with van der Waals surface area (Å²) in [6.07, 6.45) is 3.78. The van der Waals surface area contributed by atoms with Gasteiger partial charge in [-0.05, 0) is 44.0 Å². The Bertz CT molecular complexity index is 850. The van der Waals surface area contributed by atoms with Crippen molar-refractivity contribution in [1.82, 2.24) is 10.3 Å². The van der Waals surface area contributed by atoms with E-state index in [2.05, 4.69) is 27.3 Å². The fourth-order valence-electron chi connectivity index (χ4n) is 2.11. The second-order valence-corrected chi connectivity index (χ2v) is 7.37. The minimum Gasteiger partial charge on any atom is -0.354 e. The molecule has 0 spiro atoms. The minimum absolute atomic E-state index is 0.198. The highest BCUT2D eigenvalue weighted by molar-refractivity contribution is 8.07. The number of pyridine rings is 1. The molecule has 0 bridgehead atoms. The summed E-state index contributed by atoms with van der Waals surface area (Å²) in [6.45, 7) is 5.43. The first-order chi connectivity index (χ1) is 11.8. The molecule has 0 unspecified atom stereocenters. The minimum atomic E-state index is -4.22. The van der Waals surface area contributed by atoms with E-state index in [-0.39, 0.29) is 11.7 Å². The third-order valence-electron chi connectivity index (χ3n) is 3.33. The Balaban J connectivity index is 2.24. The van der Waals surface area contributed by atoms with Crippen LogP contribution in [-0.4, -0.2) is 24.7 Å². The molecule has 7 nitrogen and oxygen atoms in total. The molecule has 0 aliphatic heterocycles. The van der Waals surface area contributed by atoms with E-state index in [9.17, 15) is 13.2 Å². The van der Waals surface area contributed by atoms with E-state index in [1.165, 1.54) is 12.4 Å². The molecule has 2 rings (SSSR count). The van der Waals surface area contributed by atoms with Crippen LogP contribution in [0.4, 0.5) is 21.9 Å². The van der Waals surface area contributed by atoms with Gasteiger partial charge >= 0.3 is 15.3 Å². The molecule has 0 radical (unpaired) electrons. The highest BCUT2D eigenvalue weighted by Gasteiger charge is 2.23. The van der Waals surface area contributed by atoms with Gasteiger partial charge in [-0.1, -0.05) is 19.1 Å². The summed E-state index contributed by atoms with van der Waals surface area (Å²) in [7, 11) is -4.22. The summed E-state index contributed by atoms with van der Waals surface area (Å²) >= 11 is 0. The number of carbonyl (C=O) groups excluding carboxylic acids is 1. The fourth-order valence-corrected chi connectivity index (χ4v) is 3.05. The molecule has 134 valence electrons. The van der Waals surface area contributed by atoms with Crippen LogP contribution < -0.4 is 15.4 Å². The maximum absolute atomic E-state index is 12.2. The zero-order valence-electron chi connectivity index (χ0n) is 14.4. The topological polar surface area (TPSA) is 100 Å². The van der Waals surface area contributed by atoms with Crippen molar-refractivity contribution in [3.05, 3.63) is 48.3 Å². The Kier molecular flexibility index (Phi) is 5.97. The van der Waals surface area contributed by atoms with E-state index in [0.717, 1.165) is 17.7 Å². The molecular weight excluding hydrogens is 340 g/mol. The number of anilines is 3. The van der Waals surface area contributed by atoms with E-state index in [1.54, 1.807) is 19.9 Å². The zero-order chi connectivity index (χ0) is 18.4. The average molecular weight is 362 g/mol. The predicted octanol–water partition coefficient (Wildman–Crippen LogP) is 3.25. The van der Waals surface area contributed by atoms with Gasteiger partial charge in [0.15, 0.2) is 0 Å². The normalized spacial score (nSPS) is 11.2. The van der Waals surface area contributed by atoms with E-state index < -0.39 is 15.3 Å². The molecule has 1 heterocycles. The summed E-state index contributed by atoms with van der Waals surface area (Å²) in [5, 5.41) is 4.43. The van der Waals surface area contributed by atoms with Gasteiger partial charge in [0.05, 0.1) is 17.6 Å². The lowest BCUT2D eigenvalue weighted by Crippen LogP contribution is -2.37. The second kappa shape index (κ2) is 7.98. The van der Waals surface area contributed by atoms with E-state index in [4.69, 9.17) is 0 Å². The van der Waals surface area contributed by atoms with Gasteiger partial charge in [0.2, 0.25) is 0 Å². The van der Waals surface area contributed by atoms with Crippen LogP contribution in [0, 0.1) is 0 Å². The standard InChI is InChI=1S/C17H22N4O3S/c1-4-13-6-5-7-14(10-13)20-15-8-9-18-11-16(15)21-25(23,24)17(22)19-12(2)3/h5-12,21H,4H2,1-3H3,(H,18,20)(H,19,22). The SMILES string of the molecule is CCc1cccc(Nc2ccncc2NS(=O)(=O)C(=O)NC(C)C)c1. The smallest absolute Gasteiger partial charge is 0.354 e.